The highest BCUT2D eigenvalue weighted by molar-refractivity contribution is 5.75. The molecule has 0 aromatic heterocycles. The highest BCUT2D eigenvalue weighted by atomic mass is 16.5. The second kappa shape index (κ2) is 7.45. The Hall–Kier alpha value is -2.33. The molecule has 0 aliphatic heterocycles. The molecule has 0 heterocycles. The molecule has 0 fully saturated rings. The van der Waals surface area contributed by atoms with Crippen LogP contribution in [0.2, 0.25) is 0 Å². The van der Waals surface area contributed by atoms with Crippen molar-refractivity contribution < 1.29 is 14.6 Å². The standard InChI is InChI=1S/C17H19NO3/c1-2-21-15-10-6-9-14(11-15)16(17(19)20)18-12-13-7-4-3-5-8-13/h3-11,16,18H,2,12H2,1H3,(H,19,20). The zero-order valence-corrected chi connectivity index (χ0v) is 12.0. The van der Waals surface area contributed by atoms with Crippen molar-refractivity contribution in [1.29, 1.82) is 0 Å². The van der Waals surface area contributed by atoms with E-state index in [1.807, 2.05) is 43.3 Å². The summed E-state index contributed by atoms with van der Waals surface area (Å²) in [6.45, 7) is 2.95. The average Bonchev–Trinajstić information content (AvgIpc) is 2.49. The van der Waals surface area contributed by atoms with E-state index < -0.39 is 12.0 Å². The quantitative estimate of drug-likeness (QED) is 0.821. The summed E-state index contributed by atoms with van der Waals surface area (Å²) in [6.07, 6.45) is 0. The Morgan fingerprint density at radius 2 is 1.95 bits per heavy atom. The fraction of sp³-hybridized carbons (Fsp3) is 0.235. The number of hydrogen-bond acceptors (Lipinski definition) is 3. The normalized spacial score (nSPS) is 11.9. The van der Waals surface area contributed by atoms with E-state index in [2.05, 4.69) is 5.32 Å². The van der Waals surface area contributed by atoms with Crippen LogP contribution in [-0.2, 0) is 11.3 Å². The van der Waals surface area contributed by atoms with Crippen LogP contribution in [0.5, 0.6) is 5.75 Å². The zero-order valence-electron chi connectivity index (χ0n) is 12.0. The maximum Gasteiger partial charge on any atom is 0.325 e. The van der Waals surface area contributed by atoms with Crippen molar-refractivity contribution in [2.75, 3.05) is 6.61 Å². The fourth-order valence-corrected chi connectivity index (χ4v) is 2.11. The smallest absolute Gasteiger partial charge is 0.325 e. The second-order valence-corrected chi connectivity index (χ2v) is 4.64. The minimum Gasteiger partial charge on any atom is -0.494 e. The van der Waals surface area contributed by atoms with Crippen LogP contribution in [0.3, 0.4) is 0 Å². The van der Waals surface area contributed by atoms with Gasteiger partial charge in [-0.2, -0.15) is 0 Å². The van der Waals surface area contributed by atoms with Crippen LogP contribution in [0.25, 0.3) is 0 Å². The molecule has 0 aliphatic carbocycles. The van der Waals surface area contributed by atoms with Gasteiger partial charge in [0.1, 0.15) is 11.8 Å². The first kappa shape index (κ1) is 15.1. The highest BCUT2D eigenvalue weighted by Gasteiger charge is 2.19. The lowest BCUT2D eigenvalue weighted by atomic mass is 10.1. The summed E-state index contributed by atoms with van der Waals surface area (Å²) in [7, 11) is 0. The molecule has 110 valence electrons. The van der Waals surface area contributed by atoms with Crippen LogP contribution < -0.4 is 10.1 Å². The van der Waals surface area contributed by atoms with Gasteiger partial charge in [-0.1, -0.05) is 42.5 Å². The highest BCUT2D eigenvalue weighted by Crippen LogP contribution is 2.20. The SMILES string of the molecule is CCOc1cccc(C(NCc2ccccc2)C(=O)O)c1. The van der Waals surface area contributed by atoms with Gasteiger partial charge in [0, 0.05) is 6.54 Å². The van der Waals surface area contributed by atoms with Crippen molar-refractivity contribution in [3.8, 4) is 5.75 Å². The maximum absolute atomic E-state index is 11.5. The van der Waals surface area contributed by atoms with Crippen LogP contribution in [0, 0.1) is 0 Å². The van der Waals surface area contributed by atoms with Gasteiger partial charge in [0.15, 0.2) is 0 Å². The lowest BCUT2D eigenvalue weighted by Gasteiger charge is -2.16. The summed E-state index contributed by atoms with van der Waals surface area (Å²) >= 11 is 0. The van der Waals surface area contributed by atoms with Crippen LogP contribution in [0.1, 0.15) is 24.1 Å². The van der Waals surface area contributed by atoms with Gasteiger partial charge in [0.2, 0.25) is 0 Å². The van der Waals surface area contributed by atoms with Gasteiger partial charge < -0.3 is 9.84 Å². The molecule has 0 bridgehead atoms. The zero-order chi connectivity index (χ0) is 15.1. The summed E-state index contributed by atoms with van der Waals surface area (Å²) in [5.41, 5.74) is 1.73. The Morgan fingerprint density at radius 3 is 2.62 bits per heavy atom. The second-order valence-electron chi connectivity index (χ2n) is 4.64. The van der Waals surface area contributed by atoms with E-state index in [4.69, 9.17) is 4.74 Å². The number of carboxylic acids is 1. The van der Waals surface area contributed by atoms with Crippen molar-refractivity contribution in [3.05, 3.63) is 65.7 Å². The third kappa shape index (κ3) is 4.33. The molecule has 0 saturated carbocycles. The fourth-order valence-electron chi connectivity index (χ4n) is 2.11. The van der Waals surface area contributed by atoms with Crippen molar-refractivity contribution in [3.63, 3.8) is 0 Å². The topological polar surface area (TPSA) is 58.6 Å². The number of benzene rings is 2. The Labute approximate surface area is 124 Å². The summed E-state index contributed by atoms with van der Waals surface area (Å²) in [6, 6.07) is 16.1. The molecular formula is C17H19NO3. The number of ether oxygens (including phenoxy) is 1. The molecule has 0 radical (unpaired) electrons. The van der Waals surface area contributed by atoms with Gasteiger partial charge in [0.05, 0.1) is 6.61 Å². The Bertz CT molecular complexity index is 584. The van der Waals surface area contributed by atoms with Gasteiger partial charge in [0.25, 0.3) is 0 Å². The molecular weight excluding hydrogens is 266 g/mol. The monoisotopic (exact) mass is 285 g/mol. The van der Waals surface area contributed by atoms with Crippen molar-refractivity contribution in [2.24, 2.45) is 0 Å². The molecule has 2 aromatic rings. The number of hydrogen-bond donors (Lipinski definition) is 2. The van der Waals surface area contributed by atoms with Crippen molar-refractivity contribution in [2.45, 2.75) is 19.5 Å². The predicted octanol–water partition coefficient (Wildman–Crippen LogP) is 3.00. The van der Waals surface area contributed by atoms with Gasteiger partial charge in [-0.15, -0.1) is 0 Å². The largest absolute Gasteiger partial charge is 0.494 e. The van der Waals surface area contributed by atoms with E-state index in [1.165, 1.54) is 0 Å². The first-order valence-electron chi connectivity index (χ1n) is 6.93. The molecule has 4 heteroatoms. The third-order valence-electron chi connectivity index (χ3n) is 3.10. The molecule has 2 N–H and O–H groups in total. The summed E-state index contributed by atoms with van der Waals surface area (Å²) in [4.78, 5) is 11.5. The minimum atomic E-state index is -0.903. The Balaban J connectivity index is 2.11. The molecule has 1 unspecified atom stereocenters. The number of rotatable bonds is 7. The lowest BCUT2D eigenvalue weighted by molar-refractivity contribution is -0.139. The van der Waals surface area contributed by atoms with E-state index in [1.54, 1.807) is 18.2 Å². The summed E-state index contributed by atoms with van der Waals surface area (Å²) < 4.78 is 5.42. The Kier molecular flexibility index (Phi) is 5.35. The summed E-state index contributed by atoms with van der Waals surface area (Å²) in [5, 5.41) is 12.5. The first-order valence-corrected chi connectivity index (χ1v) is 6.93. The summed E-state index contributed by atoms with van der Waals surface area (Å²) in [5.74, 6) is -0.220. The van der Waals surface area contributed by atoms with E-state index in [0.717, 1.165) is 5.56 Å². The molecule has 2 aromatic carbocycles. The number of nitrogens with one attached hydrogen (secondary N) is 1. The van der Waals surface area contributed by atoms with Crippen molar-refractivity contribution in [1.82, 2.24) is 5.32 Å². The van der Waals surface area contributed by atoms with E-state index >= 15 is 0 Å². The Morgan fingerprint density at radius 1 is 1.19 bits per heavy atom. The molecule has 0 amide bonds. The van der Waals surface area contributed by atoms with Gasteiger partial charge in [-0.3, -0.25) is 10.1 Å². The van der Waals surface area contributed by atoms with Gasteiger partial charge in [-0.05, 0) is 30.2 Å². The van der Waals surface area contributed by atoms with E-state index in [-0.39, 0.29) is 0 Å². The molecule has 1 atom stereocenters. The number of aliphatic carboxylic acids is 1. The molecule has 2 rings (SSSR count). The van der Waals surface area contributed by atoms with Crippen LogP contribution in [-0.4, -0.2) is 17.7 Å². The predicted molar refractivity (Wildman–Crippen MR) is 81.3 cm³/mol. The first-order chi connectivity index (χ1) is 10.2. The average molecular weight is 285 g/mol. The van der Waals surface area contributed by atoms with Gasteiger partial charge in [-0.25, -0.2) is 0 Å². The van der Waals surface area contributed by atoms with Crippen LogP contribution >= 0.6 is 0 Å². The van der Waals surface area contributed by atoms with E-state index in [0.29, 0.717) is 24.5 Å². The van der Waals surface area contributed by atoms with E-state index in [9.17, 15) is 9.90 Å². The lowest BCUT2D eigenvalue weighted by Crippen LogP contribution is -2.28. The van der Waals surface area contributed by atoms with Gasteiger partial charge >= 0.3 is 5.97 Å². The molecule has 0 saturated heterocycles. The molecule has 4 nitrogen and oxygen atoms in total. The third-order valence-corrected chi connectivity index (χ3v) is 3.10. The molecule has 21 heavy (non-hydrogen) atoms. The van der Waals surface area contributed by atoms with Crippen LogP contribution in [0.4, 0.5) is 0 Å². The molecule has 0 aliphatic rings. The minimum absolute atomic E-state index is 0.497. The number of carbonyl (C=O) groups is 1. The van der Waals surface area contributed by atoms with Crippen LogP contribution in [0.15, 0.2) is 54.6 Å². The van der Waals surface area contributed by atoms with Crippen molar-refractivity contribution >= 4 is 5.97 Å². The maximum atomic E-state index is 11.5. The number of carboxylic acid groups (broad SMARTS) is 1. The molecule has 0 spiro atoms.